The number of aromatic nitrogens is 1. The quantitative estimate of drug-likeness (QED) is 0.757. The first kappa shape index (κ1) is 11.8. The normalized spacial score (nSPS) is 13.7. The molecule has 0 fully saturated rings. The molecule has 1 atom stereocenters. The zero-order valence-electron chi connectivity index (χ0n) is 9.12. The number of pyridine rings is 1. The van der Waals surface area contributed by atoms with E-state index in [0.717, 1.165) is 12.3 Å². The fourth-order valence-electron chi connectivity index (χ4n) is 1.12. The average Bonchev–Trinajstić information content (AvgIpc) is 2.14. The minimum absolute atomic E-state index is 0.220. The zero-order chi connectivity index (χ0) is 11.6. The number of halogens is 1. The first-order chi connectivity index (χ1) is 6.82. The molecule has 2 N–H and O–H groups in total. The number of hydrogen-bond acceptors (Lipinski definition) is 3. The van der Waals surface area contributed by atoms with Crippen LogP contribution >= 0.6 is 0 Å². The number of hydrogen-bond donors (Lipinski definition) is 1. The summed E-state index contributed by atoms with van der Waals surface area (Å²) >= 11 is 0. The number of Topliss-reactive ketones (excluding diaryl/α,β-unsaturated/α-hetero) is 1. The van der Waals surface area contributed by atoms with Crippen LogP contribution in [0.1, 0.15) is 31.1 Å². The summed E-state index contributed by atoms with van der Waals surface area (Å²) in [5, 5.41) is 0. The van der Waals surface area contributed by atoms with Gasteiger partial charge in [0.15, 0.2) is 5.78 Å². The van der Waals surface area contributed by atoms with E-state index in [0.29, 0.717) is 0 Å². The summed E-state index contributed by atoms with van der Waals surface area (Å²) in [6, 6.07) is 0.502. The van der Waals surface area contributed by atoms with Gasteiger partial charge in [-0.2, -0.15) is 0 Å². The zero-order valence-corrected chi connectivity index (χ0v) is 9.12. The highest BCUT2D eigenvalue weighted by molar-refractivity contribution is 6.00. The molecule has 0 bridgehead atoms. The van der Waals surface area contributed by atoms with Crippen molar-refractivity contribution in [1.82, 2.24) is 4.98 Å². The average molecular weight is 210 g/mol. The van der Waals surface area contributed by atoms with E-state index in [9.17, 15) is 9.18 Å². The van der Waals surface area contributed by atoms with E-state index in [2.05, 4.69) is 4.98 Å². The van der Waals surface area contributed by atoms with Gasteiger partial charge in [0.05, 0.1) is 12.2 Å². The number of carbonyl (C=O) groups is 1. The number of rotatable bonds is 2. The molecule has 0 aromatic carbocycles. The summed E-state index contributed by atoms with van der Waals surface area (Å²) in [7, 11) is 0. The molecule has 1 unspecified atom stereocenters. The molecule has 0 spiro atoms. The Morgan fingerprint density at radius 2 is 2.07 bits per heavy atom. The van der Waals surface area contributed by atoms with Gasteiger partial charge in [-0.3, -0.25) is 9.78 Å². The van der Waals surface area contributed by atoms with Crippen molar-refractivity contribution < 1.29 is 9.18 Å². The maximum Gasteiger partial charge on any atom is 0.181 e. The van der Waals surface area contributed by atoms with Crippen LogP contribution in [-0.4, -0.2) is 16.8 Å². The topological polar surface area (TPSA) is 56.0 Å². The lowest BCUT2D eigenvalue weighted by atomic mass is 9.83. The van der Waals surface area contributed by atoms with Gasteiger partial charge in [-0.1, -0.05) is 20.8 Å². The largest absolute Gasteiger partial charge is 0.321 e. The van der Waals surface area contributed by atoms with Crippen LogP contribution in [0.2, 0.25) is 0 Å². The van der Waals surface area contributed by atoms with E-state index in [1.165, 1.54) is 6.20 Å². The first-order valence-electron chi connectivity index (χ1n) is 4.72. The van der Waals surface area contributed by atoms with Gasteiger partial charge >= 0.3 is 0 Å². The molecule has 0 aliphatic heterocycles. The third-order valence-corrected chi connectivity index (χ3v) is 2.20. The van der Waals surface area contributed by atoms with E-state index >= 15 is 0 Å². The van der Waals surface area contributed by atoms with Crippen LogP contribution in [-0.2, 0) is 0 Å². The van der Waals surface area contributed by atoms with Gasteiger partial charge in [0, 0.05) is 11.8 Å². The Bertz CT molecular complexity index is 371. The Labute approximate surface area is 88.5 Å². The highest BCUT2D eigenvalue weighted by Gasteiger charge is 2.28. The smallest absolute Gasteiger partial charge is 0.181 e. The van der Waals surface area contributed by atoms with E-state index in [-0.39, 0.29) is 16.8 Å². The van der Waals surface area contributed by atoms with Crippen LogP contribution in [0.15, 0.2) is 18.5 Å². The predicted octanol–water partition coefficient (Wildman–Crippen LogP) is 1.78. The van der Waals surface area contributed by atoms with Crippen molar-refractivity contribution >= 4 is 5.78 Å². The van der Waals surface area contributed by atoms with Gasteiger partial charge in [0.1, 0.15) is 5.82 Å². The molecule has 1 heterocycles. The predicted molar refractivity (Wildman–Crippen MR) is 56.0 cm³/mol. The van der Waals surface area contributed by atoms with Crippen LogP contribution in [0.4, 0.5) is 4.39 Å². The highest BCUT2D eigenvalue weighted by atomic mass is 19.1. The van der Waals surface area contributed by atoms with Gasteiger partial charge in [0.2, 0.25) is 0 Å². The Kier molecular flexibility index (Phi) is 3.19. The minimum atomic E-state index is -0.652. The van der Waals surface area contributed by atoms with Crippen molar-refractivity contribution in [3.63, 3.8) is 0 Å². The van der Waals surface area contributed by atoms with E-state index in [1.54, 1.807) is 0 Å². The molecule has 0 amide bonds. The number of nitrogens with two attached hydrogens (primary N) is 1. The molecule has 0 aliphatic rings. The molecule has 3 nitrogen and oxygen atoms in total. The van der Waals surface area contributed by atoms with Crippen molar-refractivity contribution in [2.75, 3.05) is 0 Å². The lowest BCUT2D eigenvalue weighted by Gasteiger charge is -2.25. The SMILES string of the molecule is CC(C)(C)C(N)C(=O)c1cncc(F)c1. The molecule has 82 valence electrons. The first-order valence-corrected chi connectivity index (χ1v) is 4.72. The fraction of sp³-hybridized carbons (Fsp3) is 0.455. The lowest BCUT2D eigenvalue weighted by Crippen LogP contribution is -2.42. The van der Waals surface area contributed by atoms with E-state index < -0.39 is 11.9 Å². The molecule has 1 aromatic heterocycles. The summed E-state index contributed by atoms with van der Waals surface area (Å²) in [6.45, 7) is 5.59. The fourth-order valence-corrected chi connectivity index (χ4v) is 1.12. The van der Waals surface area contributed by atoms with E-state index in [1.807, 2.05) is 20.8 Å². The minimum Gasteiger partial charge on any atom is -0.321 e. The molecule has 4 heteroatoms. The van der Waals surface area contributed by atoms with Crippen LogP contribution < -0.4 is 5.73 Å². The monoisotopic (exact) mass is 210 g/mol. The molecule has 1 aromatic rings. The number of nitrogens with zero attached hydrogens (tertiary/aromatic N) is 1. The second-order valence-corrected chi connectivity index (χ2v) is 4.60. The van der Waals surface area contributed by atoms with Crippen molar-refractivity contribution in [3.05, 3.63) is 29.8 Å². The van der Waals surface area contributed by atoms with Crippen LogP contribution in [0.3, 0.4) is 0 Å². The Balaban J connectivity index is 2.95. The standard InChI is InChI=1S/C11H15FN2O/c1-11(2,3)10(13)9(15)7-4-8(12)6-14-5-7/h4-6,10H,13H2,1-3H3. The molecule has 0 saturated carbocycles. The van der Waals surface area contributed by atoms with Crippen molar-refractivity contribution in [1.29, 1.82) is 0 Å². The summed E-state index contributed by atoms with van der Waals surface area (Å²) < 4.78 is 12.8. The van der Waals surface area contributed by atoms with Crippen molar-refractivity contribution in [2.45, 2.75) is 26.8 Å². The number of ketones is 1. The molecule has 0 saturated heterocycles. The Morgan fingerprint density at radius 1 is 1.47 bits per heavy atom. The Hall–Kier alpha value is -1.29. The van der Waals surface area contributed by atoms with Gasteiger partial charge < -0.3 is 5.73 Å². The van der Waals surface area contributed by atoms with E-state index in [4.69, 9.17) is 5.73 Å². The van der Waals surface area contributed by atoms with Crippen molar-refractivity contribution in [2.24, 2.45) is 11.1 Å². The molecule has 0 radical (unpaired) electrons. The molecule has 1 rings (SSSR count). The van der Waals surface area contributed by atoms with Gasteiger partial charge in [-0.25, -0.2) is 4.39 Å². The maximum absolute atomic E-state index is 12.8. The van der Waals surface area contributed by atoms with Crippen LogP contribution in [0.25, 0.3) is 0 Å². The van der Waals surface area contributed by atoms with Crippen LogP contribution in [0, 0.1) is 11.2 Å². The summed E-state index contributed by atoms with van der Waals surface area (Å²) in [6.07, 6.45) is 2.39. The Morgan fingerprint density at radius 3 is 2.53 bits per heavy atom. The second-order valence-electron chi connectivity index (χ2n) is 4.60. The molecule has 15 heavy (non-hydrogen) atoms. The second kappa shape index (κ2) is 4.06. The molecular weight excluding hydrogens is 195 g/mol. The summed E-state index contributed by atoms with van der Waals surface area (Å²) in [5.74, 6) is -0.809. The lowest BCUT2D eigenvalue weighted by molar-refractivity contribution is 0.0900. The summed E-state index contributed by atoms with van der Waals surface area (Å²) in [5.41, 5.74) is 5.65. The highest BCUT2D eigenvalue weighted by Crippen LogP contribution is 2.20. The summed E-state index contributed by atoms with van der Waals surface area (Å²) in [4.78, 5) is 15.4. The van der Waals surface area contributed by atoms with Crippen molar-refractivity contribution in [3.8, 4) is 0 Å². The molecular formula is C11H15FN2O. The maximum atomic E-state index is 12.8. The molecule has 0 aliphatic carbocycles. The van der Waals surface area contributed by atoms with Gasteiger partial charge in [0.25, 0.3) is 0 Å². The van der Waals surface area contributed by atoms with Crippen LogP contribution in [0.5, 0.6) is 0 Å². The van der Waals surface area contributed by atoms with Gasteiger partial charge in [-0.05, 0) is 11.5 Å². The third kappa shape index (κ3) is 2.83. The van der Waals surface area contributed by atoms with Gasteiger partial charge in [-0.15, -0.1) is 0 Å². The number of carbonyl (C=O) groups excluding carboxylic acids is 1. The third-order valence-electron chi connectivity index (χ3n) is 2.20.